The van der Waals surface area contributed by atoms with Gasteiger partial charge in [-0.15, -0.1) is 0 Å². The summed E-state index contributed by atoms with van der Waals surface area (Å²) in [5.74, 6) is -0.963. The van der Waals surface area contributed by atoms with Crippen LogP contribution in [0.25, 0.3) is 0 Å². The largest absolute Gasteiger partial charge is 0.453 e. The number of amides is 2. The molecule has 0 aliphatic carbocycles. The molecule has 0 N–H and O–H groups in total. The number of ether oxygens (including phenoxy) is 1. The third-order valence-corrected chi connectivity index (χ3v) is 6.33. The van der Waals surface area contributed by atoms with Gasteiger partial charge in [0.1, 0.15) is 0 Å². The molecule has 1 fully saturated rings. The van der Waals surface area contributed by atoms with E-state index in [1.807, 2.05) is 48.5 Å². The van der Waals surface area contributed by atoms with E-state index in [-0.39, 0.29) is 24.7 Å². The zero-order valence-electron chi connectivity index (χ0n) is 20.1. The van der Waals surface area contributed by atoms with Gasteiger partial charge >= 0.3 is 5.97 Å². The summed E-state index contributed by atoms with van der Waals surface area (Å²) in [6, 6.07) is 20.0. The van der Waals surface area contributed by atoms with Crippen molar-refractivity contribution in [3.63, 3.8) is 0 Å². The van der Waals surface area contributed by atoms with Gasteiger partial charge in [0.05, 0.1) is 18.7 Å². The van der Waals surface area contributed by atoms with Crippen molar-refractivity contribution in [2.75, 3.05) is 32.7 Å². The van der Waals surface area contributed by atoms with Crippen LogP contribution in [0.4, 0.5) is 0 Å². The average Bonchev–Trinajstić information content (AvgIpc) is 3.39. The molecule has 1 unspecified atom stereocenters. The SMILES string of the molecule is CC(OC(=O)CCC(=O)N1CCC(c2ccccc2)=N1)C(=O)N1CCN(Cc2ccccc2)CC1. The Morgan fingerprint density at radius 2 is 1.54 bits per heavy atom. The van der Waals surface area contributed by atoms with Crippen LogP contribution in [0.5, 0.6) is 0 Å². The van der Waals surface area contributed by atoms with Crippen LogP contribution in [0.1, 0.15) is 37.3 Å². The number of esters is 1. The summed E-state index contributed by atoms with van der Waals surface area (Å²) >= 11 is 0. The van der Waals surface area contributed by atoms with E-state index in [9.17, 15) is 14.4 Å². The van der Waals surface area contributed by atoms with Crippen molar-refractivity contribution < 1.29 is 19.1 Å². The summed E-state index contributed by atoms with van der Waals surface area (Å²) in [5, 5.41) is 5.82. The van der Waals surface area contributed by atoms with Gasteiger partial charge in [0, 0.05) is 45.6 Å². The zero-order valence-corrected chi connectivity index (χ0v) is 20.1. The fourth-order valence-electron chi connectivity index (χ4n) is 4.34. The van der Waals surface area contributed by atoms with Crippen LogP contribution in [0.3, 0.4) is 0 Å². The number of rotatable bonds is 8. The summed E-state index contributed by atoms with van der Waals surface area (Å²) in [6.45, 7) is 5.70. The molecule has 2 amide bonds. The van der Waals surface area contributed by atoms with Gasteiger partial charge in [-0.3, -0.25) is 19.3 Å². The Morgan fingerprint density at radius 1 is 0.886 bits per heavy atom. The number of carbonyl (C=O) groups excluding carboxylic acids is 3. The number of nitrogens with zero attached hydrogens (tertiary/aromatic N) is 4. The van der Waals surface area contributed by atoms with E-state index in [0.29, 0.717) is 26.1 Å². The summed E-state index contributed by atoms with van der Waals surface area (Å²) in [6.07, 6.45) is -0.255. The maximum Gasteiger partial charge on any atom is 0.307 e. The Bertz CT molecular complexity index is 1050. The molecule has 0 bridgehead atoms. The lowest BCUT2D eigenvalue weighted by Gasteiger charge is -2.35. The first-order valence-electron chi connectivity index (χ1n) is 12.2. The van der Waals surface area contributed by atoms with Crippen LogP contribution in [0, 0.1) is 0 Å². The van der Waals surface area contributed by atoms with Crippen molar-refractivity contribution in [3.05, 3.63) is 71.8 Å². The molecular formula is C27H32N4O4. The Labute approximate surface area is 206 Å². The smallest absolute Gasteiger partial charge is 0.307 e. The number of piperazine rings is 1. The number of carbonyl (C=O) groups is 3. The van der Waals surface area contributed by atoms with Crippen LogP contribution in [-0.4, -0.2) is 77.1 Å². The summed E-state index contributed by atoms with van der Waals surface area (Å²) < 4.78 is 5.34. The molecule has 0 radical (unpaired) electrons. The van der Waals surface area contributed by atoms with Crippen LogP contribution in [0.15, 0.2) is 65.8 Å². The van der Waals surface area contributed by atoms with Gasteiger partial charge in [0.15, 0.2) is 6.10 Å². The third-order valence-electron chi connectivity index (χ3n) is 6.33. The quantitative estimate of drug-likeness (QED) is 0.547. The van der Waals surface area contributed by atoms with E-state index in [1.165, 1.54) is 10.6 Å². The molecule has 2 heterocycles. The highest BCUT2D eigenvalue weighted by Gasteiger charge is 2.28. The lowest BCUT2D eigenvalue weighted by atomic mass is 10.1. The highest BCUT2D eigenvalue weighted by molar-refractivity contribution is 6.02. The minimum absolute atomic E-state index is 0.00345. The Morgan fingerprint density at radius 3 is 2.23 bits per heavy atom. The van der Waals surface area contributed by atoms with Gasteiger partial charge in [-0.1, -0.05) is 60.7 Å². The van der Waals surface area contributed by atoms with Gasteiger partial charge in [-0.2, -0.15) is 5.10 Å². The van der Waals surface area contributed by atoms with Gasteiger partial charge in [0.2, 0.25) is 5.91 Å². The Kier molecular flexibility index (Phi) is 8.26. The molecule has 8 nitrogen and oxygen atoms in total. The zero-order chi connectivity index (χ0) is 24.6. The number of hydrazone groups is 1. The van der Waals surface area contributed by atoms with E-state index in [2.05, 4.69) is 22.1 Å². The molecule has 0 aromatic heterocycles. The second kappa shape index (κ2) is 11.8. The highest BCUT2D eigenvalue weighted by Crippen LogP contribution is 2.16. The summed E-state index contributed by atoms with van der Waals surface area (Å²) in [5.41, 5.74) is 3.11. The molecule has 2 aromatic carbocycles. The number of hydrogen-bond acceptors (Lipinski definition) is 6. The van der Waals surface area contributed by atoms with Gasteiger partial charge in [-0.05, 0) is 18.1 Å². The minimum atomic E-state index is -0.868. The van der Waals surface area contributed by atoms with E-state index in [1.54, 1.807) is 11.8 Å². The van der Waals surface area contributed by atoms with Crippen LogP contribution < -0.4 is 0 Å². The maximum atomic E-state index is 12.8. The molecule has 0 saturated carbocycles. The first kappa shape index (κ1) is 24.6. The monoisotopic (exact) mass is 476 g/mol. The maximum absolute atomic E-state index is 12.8. The molecule has 184 valence electrons. The van der Waals surface area contributed by atoms with Crippen molar-refractivity contribution in [2.24, 2.45) is 5.10 Å². The summed E-state index contributed by atoms with van der Waals surface area (Å²) in [7, 11) is 0. The third kappa shape index (κ3) is 6.76. The van der Waals surface area contributed by atoms with Crippen LogP contribution >= 0.6 is 0 Å². The molecule has 2 aliphatic heterocycles. The van der Waals surface area contributed by atoms with Gasteiger partial charge < -0.3 is 9.64 Å². The van der Waals surface area contributed by atoms with Crippen molar-refractivity contribution in [1.82, 2.24) is 14.8 Å². The standard InChI is InChI=1S/C27H32N4O4/c1-21(27(34)30-18-16-29(17-19-30)20-22-8-4-2-5-9-22)35-26(33)13-12-25(32)31-15-14-24(28-31)23-10-6-3-7-11-23/h2-11,21H,12-20H2,1H3. The minimum Gasteiger partial charge on any atom is -0.453 e. The number of benzene rings is 2. The normalized spacial score (nSPS) is 17.1. The highest BCUT2D eigenvalue weighted by atomic mass is 16.5. The Balaban J connectivity index is 1.17. The average molecular weight is 477 g/mol. The molecule has 8 heteroatoms. The van der Waals surface area contributed by atoms with Crippen LogP contribution in [0.2, 0.25) is 0 Å². The van der Waals surface area contributed by atoms with Crippen molar-refractivity contribution in [2.45, 2.75) is 38.8 Å². The number of hydrogen-bond donors (Lipinski definition) is 0. The molecule has 2 aromatic rings. The molecule has 0 spiro atoms. The molecular weight excluding hydrogens is 444 g/mol. The fourth-order valence-corrected chi connectivity index (χ4v) is 4.34. The fraction of sp³-hybridized carbons (Fsp3) is 0.407. The molecule has 1 saturated heterocycles. The van der Waals surface area contributed by atoms with E-state index in [4.69, 9.17) is 4.74 Å². The van der Waals surface area contributed by atoms with Crippen molar-refractivity contribution in [3.8, 4) is 0 Å². The van der Waals surface area contributed by atoms with Gasteiger partial charge in [-0.25, -0.2) is 5.01 Å². The second-order valence-corrected chi connectivity index (χ2v) is 8.90. The predicted molar refractivity (Wildman–Crippen MR) is 132 cm³/mol. The summed E-state index contributed by atoms with van der Waals surface area (Å²) in [4.78, 5) is 41.6. The predicted octanol–water partition coefficient (Wildman–Crippen LogP) is 2.68. The van der Waals surface area contributed by atoms with Gasteiger partial charge in [0.25, 0.3) is 5.91 Å². The molecule has 4 rings (SSSR count). The van der Waals surface area contributed by atoms with E-state index >= 15 is 0 Å². The van der Waals surface area contributed by atoms with E-state index < -0.39 is 12.1 Å². The molecule has 1 atom stereocenters. The van der Waals surface area contributed by atoms with Crippen molar-refractivity contribution in [1.29, 1.82) is 0 Å². The van der Waals surface area contributed by atoms with Crippen LogP contribution in [-0.2, 0) is 25.7 Å². The lowest BCUT2D eigenvalue weighted by molar-refractivity contribution is -0.160. The second-order valence-electron chi connectivity index (χ2n) is 8.90. The topological polar surface area (TPSA) is 82.5 Å². The van der Waals surface area contributed by atoms with E-state index in [0.717, 1.165) is 30.9 Å². The molecule has 2 aliphatic rings. The Hall–Kier alpha value is -3.52. The first-order valence-corrected chi connectivity index (χ1v) is 12.2. The molecule has 35 heavy (non-hydrogen) atoms. The lowest BCUT2D eigenvalue weighted by Crippen LogP contribution is -2.51. The van der Waals surface area contributed by atoms with Crippen molar-refractivity contribution >= 4 is 23.5 Å². The first-order chi connectivity index (χ1) is 17.0.